The molecular weight excluding hydrogens is 448 g/mol. The van der Waals surface area contributed by atoms with E-state index in [2.05, 4.69) is 5.32 Å². The predicted octanol–water partition coefficient (Wildman–Crippen LogP) is 4.87. The van der Waals surface area contributed by atoms with Crippen LogP contribution in [0, 0.1) is 18.3 Å². The van der Waals surface area contributed by atoms with Crippen molar-refractivity contribution in [2.24, 2.45) is 0 Å². The number of amides is 1. The van der Waals surface area contributed by atoms with Gasteiger partial charge in [0, 0.05) is 0 Å². The molecule has 4 rings (SSSR count). The molecule has 0 spiro atoms. The molecule has 1 aliphatic rings. The van der Waals surface area contributed by atoms with Crippen molar-refractivity contribution in [3.8, 4) is 34.8 Å². The van der Waals surface area contributed by atoms with Gasteiger partial charge in [0.1, 0.15) is 24.0 Å². The minimum absolute atomic E-state index is 0.0651. The van der Waals surface area contributed by atoms with Crippen LogP contribution >= 0.6 is 0 Å². The summed E-state index contributed by atoms with van der Waals surface area (Å²) in [6.07, 6.45) is 1.49. The molecule has 0 radical (unpaired) electrons. The van der Waals surface area contributed by atoms with E-state index in [4.69, 9.17) is 23.7 Å². The molecule has 0 aliphatic carbocycles. The summed E-state index contributed by atoms with van der Waals surface area (Å²) in [5.74, 6) is 2.35. The Labute approximate surface area is 203 Å². The molecular formula is C27H24N2O6. The summed E-state index contributed by atoms with van der Waals surface area (Å²) < 4.78 is 27.4. The molecule has 1 amide bonds. The maximum Gasteiger partial charge on any atom is 0.266 e. The van der Waals surface area contributed by atoms with E-state index in [-0.39, 0.29) is 12.4 Å². The number of carbonyl (C=O) groups excluding carboxylic acids is 1. The minimum Gasteiger partial charge on any atom is -0.495 e. The number of methoxy groups -OCH3 is 2. The zero-order valence-electron chi connectivity index (χ0n) is 19.6. The number of rotatable bonds is 8. The van der Waals surface area contributed by atoms with Crippen molar-refractivity contribution in [2.75, 3.05) is 26.3 Å². The largest absolute Gasteiger partial charge is 0.495 e. The number of anilines is 1. The van der Waals surface area contributed by atoms with Gasteiger partial charge in [0.05, 0.1) is 19.9 Å². The molecule has 0 bridgehead atoms. The predicted molar refractivity (Wildman–Crippen MR) is 130 cm³/mol. The number of ether oxygens (including phenoxy) is 5. The van der Waals surface area contributed by atoms with Crippen LogP contribution in [0.4, 0.5) is 5.69 Å². The molecule has 8 nitrogen and oxygen atoms in total. The van der Waals surface area contributed by atoms with Gasteiger partial charge in [0.2, 0.25) is 6.79 Å². The number of carbonyl (C=O) groups is 1. The van der Waals surface area contributed by atoms with E-state index >= 15 is 0 Å². The lowest BCUT2D eigenvalue weighted by Crippen LogP contribution is -2.14. The number of hydrogen-bond donors (Lipinski definition) is 1. The molecule has 8 heteroatoms. The third-order valence-corrected chi connectivity index (χ3v) is 5.30. The van der Waals surface area contributed by atoms with E-state index in [0.29, 0.717) is 46.6 Å². The van der Waals surface area contributed by atoms with Crippen molar-refractivity contribution < 1.29 is 28.5 Å². The molecule has 0 unspecified atom stereocenters. The normalized spacial score (nSPS) is 12.0. The average Bonchev–Trinajstić information content (AvgIpc) is 3.34. The van der Waals surface area contributed by atoms with Crippen LogP contribution in [-0.4, -0.2) is 26.9 Å². The first-order chi connectivity index (χ1) is 17.0. The second kappa shape index (κ2) is 10.5. The van der Waals surface area contributed by atoms with E-state index in [1.807, 2.05) is 37.3 Å². The van der Waals surface area contributed by atoms with Crippen molar-refractivity contribution >= 4 is 17.7 Å². The highest BCUT2D eigenvalue weighted by Crippen LogP contribution is 2.34. The summed E-state index contributed by atoms with van der Waals surface area (Å²) in [6.45, 7) is 2.41. The molecule has 1 aliphatic heterocycles. The third kappa shape index (κ3) is 5.47. The molecule has 0 aromatic heterocycles. The summed E-state index contributed by atoms with van der Waals surface area (Å²) in [7, 11) is 3.04. The highest BCUT2D eigenvalue weighted by atomic mass is 16.7. The lowest BCUT2D eigenvalue weighted by molar-refractivity contribution is -0.112. The fourth-order valence-corrected chi connectivity index (χ4v) is 3.51. The van der Waals surface area contributed by atoms with Crippen LogP contribution in [0.2, 0.25) is 0 Å². The second-order valence-corrected chi connectivity index (χ2v) is 7.71. The van der Waals surface area contributed by atoms with Gasteiger partial charge in [0.25, 0.3) is 5.91 Å². The summed E-state index contributed by atoms with van der Waals surface area (Å²) in [5.41, 5.74) is 2.90. The zero-order valence-corrected chi connectivity index (χ0v) is 19.6. The smallest absolute Gasteiger partial charge is 0.266 e. The number of nitrogens with one attached hydrogen (secondary N) is 1. The van der Waals surface area contributed by atoms with Gasteiger partial charge < -0.3 is 29.0 Å². The Kier molecular flexibility index (Phi) is 7.07. The Morgan fingerprint density at radius 3 is 2.54 bits per heavy atom. The van der Waals surface area contributed by atoms with Crippen LogP contribution in [0.15, 0.2) is 60.2 Å². The summed E-state index contributed by atoms with van der Waals surface area (Å²) in [6, 6.07) is 18.2. The van der Waals surface area contributed by atoms with Crippen molar-refractivity contribution in [3.05, 3.63) is 76.9 Å². The number of fused-ring (bicyclic) bond motifs is 1. The molecule has 1 N–H and O–H groups in total. The van der Waals surface area contributed by atoms with Crippen molar-refractivity contribution in [1.29, 1.82) is 5.26 Å². The Hall–Kier alpha value is -4.64. The second-order valence-electron chi connectivity index (χ2n) is 7.71. The van der Waals surface area contributed by atoms with E-state index in [9.17, 15) is 10.1 Å². The van der Waals surface area contributed by atoms with Gasteiger partial charge in [-0.2, -0.15) is 5.26 Å². The van der Waals surface area contributed by atoms with Crippen molar-refractivity contribution in [1.82, 2.24) is 0 Å². The van der Waals surface area contributed by atoms with E-state index < -0.39 is 5.91 Å². The van der Waals surface area contributed by atoms with E-state index in [1.54, 1.807) is 30.3 Å². The fraction of sp³-hybridized carbons (Fsp3) is 0.185. The van der Waals surface area contributed by atoms with Gasteiger partial charge in [-0.25, -0.2) is 0 Å². The van der Waals surface area contributed by atoms with Crippen LogP contribution in [0.3, 0.4) is 0 Å². The maximum absolute atomic E-state index is 12.8. The standard InChI is InChI=1S/C27H24N2O6/c1-17-4-7-22(31-2)21(10-17)29-27(30)20(14-28)11-18-5-8-23(25(12-18)32-3)33-15-19-6-9-24-26(13-19)35-16-34-24/h4-13H,15-16H2,1-3H3,(H,29,30)/b20-11+. The van der Waals surface area contributed by atoms with Crippen LogP contribution < -0.4 is 29.0 Å². The first-order valence-electron chi connectivity index (χ1n) is 10.8. The summed E-state index contributed by atoms with van der Waals surface area (Å²) in [5, 5.41) is 12.3. The molecule has 3 aromatic rings. The Balaban J connectivity index is 1.49. The molecule has 0 saturated carbocycles. The van der Waals surface area contributed by atoms with Gasteiger partial charge in [-0.1, -0.05) is 18.2 Å². The average molecular weight is 472 g/mol. The highest BCUT2D eigenvalue weighted by molar-refractivity contribution is 6.10. The Morgan fingerprint density at radius 2 is 1.77 bits per heavy atom. The molecule has 1 heterocycles. The topological polar surface area (TPSA) is 99.0 Å². The monoisotopic (exact) mass is 472 g/mol. The van der Waals surface area contributed by atoms with Crippen LogP contribution in [0.25, 0.3) is 6.08 Å². The number of benzene rings is 3. The van der Waals surface area contributed by atoms with Crippen molar-refractivity contribution in [3.63, 3.8) is 0 Å². The number of nitrogens with zero attached hydrogens (tertiary/aromatic N) is 1. The molecule has 3 aromatic carbocycles. The van der Waals surface area contributed by atoms with Gasteiger partial charge in [-0.05, 0) is 66.1 Å². The first-order valence-corrected chi connectivity index (χ1v) is 10.8. The summed E-state index contributed by atoms with van der Waals surface area (Å²) in [4.78, 5) is 12.8. The third-order valence-electron chi connectivity index (χ3n) is 5.30. The molecule has 0 saturated heterocycles. The van der Waals surface area contributed by atoms with Crippen LogP contribution in [0.5, 0.6) is 28.7 Å². The number of aryl methyl sites for hydroxylation is 1. The van der Waals surface area contributed by atoms with Crippen molar-refractivity contribution in [2.45, 2.75) is 13.5 Å². The Bertz CT molecular complexity index is 1330. The van der Waals surface area contributed by atoms with Gasteiger partial charge >= 0.3 is 0 Å². The number of nitriles is 1. The SMILES string of the molecule is COc1ccc(C)cc1NC(=O)/C(C#N)=C/c1ccc(OCc2ccc3c(c2)OCO3)c(OC)c1. The van der Waals surface area contributed by atoms with Gasteiger partial charge in [-0.15, -0.1) is 0 Å². The zero-order chi connectivity index (χ0) is 24.8. The quantitative estimate of drug-likeness (QED) is 0.369. The fourth-order valence-electron chi connectivity index (χ4n) is 3.51. The minimum atomic E-state index is -0.543. The molecule has 0 atom stereocenters. The molecule has 0 fully saturated rings. The highest BCUT2D eigenvalue weighted by Gasteiger charge is 2.15. The molecule has 35 heavy (non-hydrogen) atoms. The van der Waals surface area contributed by atoms with E-state index in [0.717, 1.165) is 11.1 Å². The van der Waals surface area contributed by atoms with Gasteiger partial charge in [-0.3, -0.25) is 4.79 Å². The Morgan fingerprint density at radius 1 is 1.00 bits per heavy atom. The first kappa shape index (κ1) is 23.5. The summed E-state index contributed by atoms with van der Waals surface area (Å²) >= 11 is 0. The number of hydrogen-bond acceptors (Lipinski definition) is 7. The van der Waals surface area contributed by atoms with Crippen LogP contribution in [-0.2, 0) is 11.4 Å². The lowest BCUT2D eigenvalue weighted by Gasteiger charge is -2.12. The van der Waals surface area contributed by atoms with E-state index in [1.165, 1.54) is 20.3 Å². The van der Waals surface area contributed by atoms with Crippen LogP contribution in [0.1, 0.15) is 16.7 Å². The maximum atomic E-state index is 12.8. The lowest BCUT2D eigenvalue weighted by atomic mass is 10.1. The molecule has 178 valence electrons. The van der Waals surface area contributed by atoms with Gasteiger partial charge in [0.15, 0.2) is 23.0 Å².